The Morgan fingerprint density at radius 1 is 1.22 bits per heavy atom. The fraction of sp³-hybridized carbons (Fsp3) is 0.263. The zero-order valence-electron chi connectivity index (χ0n) is 14.8. The molecular formula is C19H19N5O3. The molecule has 1 aliphatic heterocycles. The predicted molar refractivity (Wildman–Crippen MR) is 99.8 cm³/mol. The quantitative estimate of drug-likeness (QED) is 0.730. The number of carbonyl (C=O) groups excluding carboxylic acids is 2. The minimum absolute atomic E-state index is 0.136. The molecule has 4 rings (SSSR count). The van der Waals surface area contributed by atoms with E-state index in [0.717, 1.165) is 17.7 Å². The van der Waals surface area contributed by atoms with Gasteiger partial charge < -0.3 is 10.2 Å². The Morgan fingerprint density at radius 3 is 2.78 bits per heavy atom. The number of piperidine rings is 1. The lowest BCUT2D eigenvalue weighted by Gasteiger charge is -2.32. The summed E-state index contributed by atoms with van der Waals surface area (Å²) >= 11 is 0. The van der Waals surface area contributed by atoms with Crippen molar-refractivity contribution in [1.29, 1.82) is 0 Å². The zero-order valence-corrected chi connectivity index (χ0v) is 14.8. The maximum Gasteiger partial charge on any atom is 0.272 e. The van der Waals surface area contributed by atoms with Gasteiger partial charge in [-0.05, 0) is 31.9 Å². The van der Waals surface area contributed by atoms with E-state index in [2.05, 4.69) is 15.4 Å². The van der Waals surface area contributed by atoms with Gasteiger partial charge in [0.1, 0.15) is 11.6 Å². The van der Waals surface area contributed by atoms with Crippen molar-refractivity contribution in [3.63, 3.8) is 0 Å². The van der Waals surface area contributed by atoms with E-state index < -0.39 is 11.9 Å². The third-order valence-corrected chi connectivity index (χ3v) is 4.76. The Kier molecular flexibility index (Phi) is 4.23. The van der Waals surface area contributed by atoms with Crippen LogP contribution in [-0.4, -0.2) is 39.0 Å². The first-order chi connectivity index (χ1) is 13.0. The number of aryl methyl sites for hydroxylation is 1. The fourth-order valence-corrected chi connectivity index (χ4v) is 3.31. The predicted octanol–water partition coefficient (Wildman–Crippen LogP) is 1.26. The van der Waals surface area contributed by atoms with Crippen LogP contribution in [0.1, 0.15) is 28.8 Å². The first-order valence-electron chi connectivity index (χ1n) is 8.78. The number of H-pyrrole nitrogens is 1. The number of hydrogen-bond donors (Lipinski definition) is 2. The number of nitrogens with zero attached hydrogens (tertiary/aromatic N) is 3. The zero-order chi connectivity index (χ0) is 19.0. The number of rotatable bonds is 3. The van der Waals surface area contributed by atoms with E-state index in [0.29, 0.717) is 13.0 Å². The molecule has 1 aliphatic rings. The summed E-state index contributed by atoms with van der Waals surface area (Å²) in [7, 11) is 0. The van der Waals surface area contributed by atoms with Crippen molar-refractivity contribution in [2.75, 3.05) is 11.4 Å². The molecule has 2 amide bonds. The third kappa shape index (κ3) is 3.10. The summed E-state index contributed by atoms with van der Waals surface area (Å²) in [6, 6.07) is 8.43. The number of fused-ring (bicyclic) bond motifs is 1. The number of nitrogens with one attached hydrogen (secondary N) is 2. The molecule has 8 heteroatoms. The molecule has 1 unspecified atom stereocenters. The highest BCUT2D eigenvalue weighted by atomic mass is 16.2. The van der Waals surface area contributed by atoms with E-state index in [-0.39, 0.29) is 22.7 Å². The van der Waals surface area contributed by atoms with Crippen LogP contribution in [0.5, 0.6) is 0 Å². The lowest BCUT2D eigenvalue weighted by atomic mass is 10.0. The second kappa shape index (κ2) is 6.71. The molecule has 3 aromatic rings. The van der Waals surface area contributed by atoms with Crippen molar-refractivity contribution in [2.45, 2.75) is 25.8 Å². The van der Waals surface area contributed by atoms with Gasteiger partial charge in [-0.2, -0.15) is 0 Å². The van der Waals surface area contributed by atoms with Crippen molar-refractivity contribution in [3.8, 4) is 0 Å². The Bertz CT molecular complexity index is 1070. The molecule has 0 aliphatic carbocycles. The maximum atomic E-state index is 12.9. The molecule has 2 aromatic heterocycles. The van der Waals surface area contributed by atoms with Crippen LogP contribution >= 0.6 is 0 Å². The summed E-state index contributed by atoms with van der Waals surface area (Å²) in [4.78, 5) is 43.1. The molecule has 1 aromatic carbocycles. The number of aromatic amines is 1. The first-order valence-corrected chi connectivity index (χ1v) is 8.78. The Labute approximate surface area is 154 Å². The van der Waals surface area contributed by atoms with Gasteiger partial charge in [-0.15, -0.1) is 0 Å². The number of hydrogen-bond acceptors (Lipinski definition) is 4. The maximum absolute atomic E-state index is 12.9. The van der Waals surface area contributed by atoms with Crippen LogP contribution in [0.4, 0.5) is 5.69 Å². The van der Waals surface area contributed by atoms with Gasteiger partial charge in [0, 0.05) is 30.7 Å². The Hall–Kier alpha value is -3.42. The van der Waals surface area contributed by atoms with E-state index in [1.807, 2.05) is 31.2 Å². The molecule has 3 heterocycles. The van der Waals surface area contributed by atoms with Crippen LogP contribution in [-0.2, 0) is 4.79 Å². The van der Waals surface area contributed by atoms with Crippen molar-refractivity contribution < 1.29 is 9.59 Å². The molecule has 1 saturated heterocycles. The summed E-state index contributed by atoms with van der Waals surface area (Å²) in [6.07, 6.45) is 4.14. The molecule has 1 atom stereocenters. The fourth-order valence-electron chi connectivity index (χ4n) is 3.31. The van der Waals surface area contributed by atoms with E-state index in [1.54, 1.807) is 4.90 Å². The topological polar surface area (TPSA) is 99.6 Å². The van der Waals surface area contributed by atoms with Crippen LogP contribution in [0.2, 0.25) is 0 Å². The number of carbonyl (C=O) groups is 2. The van der Waals surface area contributed by atoms with Crippen molar-refractivity contribution >= 4 is 23.1 Å². The number of amides is 2. The number of benzene rings is 1. The smallest absolute Gasteiger partial charge is 0.272 e. The van der Waals surface area contributed by atoms with Gasteiger partial charge in [0.25, 0.3) is 11.5 Å². The van der Waals surface area contributed by atoms with Gasteiger partial charge >= 0.3 is 0 Å². The molecule has 2 N–H and O–H groups in total. The van der Waals surface area contributed by atoms with Crippen LogP contribution in [0.25, 0.3) is 5.65 Å². The van der Waals surface area contributed by atoms with Gasteiger partial charge in [0.2, 0.25) is 5.91 Å². The van der Waals surface area contributed by atoms with E-state index in [1.165, 1.54) is 23.0 Å². The molecule has 0 spiro atoms. The SMILES string of the molecule is Cc1ccc(N2CCCC(NC(=O)c3c[nH]n4c(=O)ccnc34)C2=O)cc1. The molecular weight excluding hydrogens is 346 g/mol. The van der Waals surface area contributed by atoms with E-state index >= 15 is 0 Å². The summed E-state index contributed by atoms with van der Waals surface area (Å²) in [6.45, 7) is 2.61. The second-order valence-electron chi connectivity index (χ2n) is 6.62. The molecule has 0 bridgehead atoms. The van der Waals surface area contributed by atoms with Crippen LogP contribution in [0.15, 0.2) is 47.5 Å². The lowest BCUT2D eigenvalue weighted by Crippen LogP contribution is -2.52. The third-order valence-electron chi connectivity index (χ3n) is 4.76. The number of aromatic nitrogens is 3. The largest absolute Gasteiger partial charge is 0.340 e. The van der Waals surface area contributed by atoms with Gasteiger partial charge in [-0.3, -0.25) is 19.5 Å². The highest BCUT2D eigenvalue weighted by Crippen LogP contribution is 2.22. The number of anilines is 1. The lowest BCUT2D eigenvalue weighted by molar-refractivity contribution is -0.121. The van der Waals surface area contributed by atoms with Crippen molar-refractivity contribution in [1.82, 2.24) is 19.9 Å². The molecule has 138 valence electrons. The molecule has 27 heavy (non-hydrogen) atoms. The molecule has 0 saturated carbocycles. The standard InChI is InChI=1S/C19H19N5O3/c1-12-4-6-13(7-5-12)23-10-2-3-15(19(23)27)22-18(26)14-11-21-24-16(25)8-9-20-17(14)24/h4-9,11,15,21H,2-3,10H2,1H3,(H,22,26). The average molecular weight is 365 g/mol. The summed E-state index contributed by atoms with van der Waals surface area (Å²) in [5, 5.41) is 5.50. The van der Waals surface area contributed by atoms with Gasteiger partial charge in [-0.1, -0.05) is 17.7 Å². The molecule has 0 radical (unpaired) electrons. The molecule has 8 nitrogen and oxygen atoms in total. The highest BCUT2D eigenvalue weighted by Gasteiger charge is 2.31. The van der Waals surface area contributed by atoms with E-state index in [9.17, 15) is 14.4 Å². The van der Waals surface area contributed by atoms with Crippen LogP contribution in [0.3, 0.4) is 0 Å². The van der Waals surface area contributed by atoms with Crippen molar-refractivity contribution in [2.24, 2.45) is 0 Å². The summed E-state index contributed by atoms with van der Waals surface area (Å²) in [5.74, 6) is -0.570. The van der Waals surface area contributed by atoms with Crippen LogP contribution < -0.4 is 15.8 Å². The second-order valence-corrected chi connectivity index (χ2v) is 6.62. The van der Waals surface area contributed by atoms with Gasteiger partial charge in [0.05, 0.1) is 0 Å². The monoisotopic (exact) mass is 365 g/mol. The van der Waals surface area contributed by atoms with Crippen molar-refractivity contribution in [3.05, 3.63) is 64.2 Å². The van der Waals surface area contributed by atoms with E-state index in [4.69, 9.17) is 0 Å². The Balaban J connectivity index is 1.55. The normalized spacial score (nSPS) is 17.3. The average Bonchev–Trinajstić information content (AvgIpc) is 3.10. The molecule has 1 fully saturated rings. The van der Waals surface area contributed by atoms with Gasteiger partial charge in [-0.25, -0.2) is 9.50 Å². The summed E-state index contributed by atoms with van der Waals surface area (Å²) < 4.78 is 1.19. The highest BCUT2D eigenvalue weighted by molar-refractivity contribution is 6.05. The first kappa shape index (κ1) is 17.0. The minimum atomic E-state index is -0.613. The Morgan fingerprint density at radius 2 is 2.00 bits per heavy atom. The minimum Gasteiger partial charge on any atom is -0.340 e. The summed E-state index contributed by atoms with van der Waals surface area (Å²) in [5.41, 5.74) is 2.10. The van der Waals surface area contributed by atoms with Gasteiger partial charge in [0.15, 0.2) is 5.65 Å². The van der Waals surface area contributed by atoms with Crippen LogP contribution in [0, 0.1) is 6.92 Å².